The Morgan fingerprint density at radius 2 is 1.61 bits per heavy atom. The van der Waals surface area contributed by atoms with Crippen LogP contribution in [0.5, 0.6) is 5.75 Å². The highest BCUT2D eigenvalue weighted by molar-refractivity contribution is 6.24. The number of fused-ring (bicyclic) bond motifs is 1. The molecule has 2 aromatic carbocycles. The molecule has 2 aliphatic rings. The van der Waals surface area contributed by atoms with Gasteiger partial charge >= 0.3 is 11.9 Å². The number of carboxylic acids is 2. The first-order chi connectivity index (χ1) is 15.5. The molecule has 0 aliphatic carbocycles. The number of benzene rings is 2. The molecule has 172 valence electrons. The van der Waals surface area contributed by atoms with E-state index in [0.29, 0.717) is 27.9 Å². The van der Waals surface area contributed by atoms with Gasteiger partial charge in [0.2, 0.25) is 11.8 Å². The molecule has 0 radical (unpaired) electrons. The number of hydrogen-bond donors (Lipinski definition) is 4. The van der Waals surface area contributed by atoms with E-state index in [0.717, 1.165) is 4.90 Å². The number of hydrogen-bond acceptors (Lipinski definition) is 6. The maximum atomic E-state index is 13.6. The number of aromatic hydroxyl groups is 1. The standard InChI is InChI=1S/C24H24N2O7/c1-11-6-4-5-7-15(11)26-21(30)17-18(22(26)31)24(23(32)33,10-16(27)28)25-19(17)14-8-12(2)20(29)13(3)9-14/h4-9,17-19,25,29H,10H2,1-3H3,(H,27,28)(H,32,33). The molecular formula is C24H24N2O7. The van der Waals surface area contributed by atoms with Crippen LogP contribution in [0.3, 0.4) is 0 Å². The molecule has 4 atom stereocenters. The van der Waals surface area contributed by atoms with E-state index in [2.05, 4.69) is 5.32 Å². The number of phenolic OH excluding ortho intramolecular Hbond substituents is 1. The molecule has 0 saturated carbocycles. The van der Waals surface area contributed by atoms with E-state index in [1.807, 2.05) is 0 Å². The maximum absolute atomic E-state index is 13.6. The molecule has 2 heterocycles. The zero-order valence-corrected chi connectivity index (χ0v) is 18.3. The Kier molecular flexibility index (Phi) is 5.24. The van der Waals surface area contributed by atoms with Crippen molar-refractivity contribution in [3.8, 4) is 5.75 Å². The number of carboxylic acid groups (broad SMARTS) is 2. The van der Waals surface area contributed by atoms with Gasteiger partial charge in [0.25, 0.3) is 0 Å². The van der Waals surface area contributed by atoms with Crippen molar-refractivity contribution in [2.24, 2.45) is 11.8 Å². The molecule has 4 N–H and O–H groups in total. The van der Waals surface area contributed by atoms with Crippen LogP contribution in [-0.4, -0.2) is 44.6 Å². The second-order valence-electron chi connectivity index (χ2n) is 8.77. The minimum atomic E-state index is -2.18. The van der Waals surface area contributed by atoms with Gasteiger partial charge in [-0.1, -0.05) is 30.3 Å². The van der Waals surface area contributed by atoms with Crippen LogP contribution in [0, 0.1) is 32.6 Å². The van der Waals surface area contributed by atoms with Crippen molar-refractivity contribution in [2.75, 3.05) is 4.90 Å². The molecule has 0 spiro atoms. The fourth-order valence-corrected chi connectivity index (χ4v) is 5.18. The molecule has 4 rings (SSSR count). The molecule has 2 saturated heterocycles. The van der Waals surface area contributed by atoms with Gasteiger partial charge in [-0.15, -0.1) is 0 Å². The highest BCUT2D eigenvalue weighted by Crippen LogP contribution is 2.51. The number of amides is 2. The zero-order valence-electron chi connectivity index (χ0n) is 18.3. The average molecular weight is 452 g/mol. The van der Waals surface area contributed by atoms with E-state index in [1.165, 1.54) is 0 Å². The molecule has 2 fully saturated rings. The largest absolute Gasteiger partial charge is 0.507 e. The number of aryl methyl sites for hydroxylation is 3. The van der Waals surface area contributed by atoms with Crippen molar-refractivity contribution >= 4 is 29.4 Å². The molecule has 33 heavy (non-hydrogen) atoms. The lowest BCUT2D eigenvalue weighted by atomic mass is 9.77. The van der Waals surface area contributed by atoms with Crippen molar-refractivity contribution in [3.05, 3.63) is 58.7 Å². The number of carbonyl (C=O) groups excluding carboxylic acids is 2. The summed E-state index contributed by atoms with van der Waals surface area (Å²) in [6, 6.07) is 9.05. The fourth-order valence-electron chi connectivity index (χ4n) is 5.18. The number of imide groups is 1. The quantitative estimate of drug-likeness (QED) is 0.505. The normalized spacial score (nSPS) is 26.5. The molecule has 4 unspecified atom stereocenters. The minimum absolute atomic E-state index is 0.0682. The third-order valence-corrected chi connectivity index (χ3v) is 6.69. The summed E-state index contributed by atoms with van der Waals surface area (Å²) in [6.07, 6.45) is -0.878. The third-order valence-electron chi connectivity index (χ3n) is 6.69. The first-order valence-corrected chi connectivity index (χ1v) is 10.5. The summed E-state index contributed by atoms with van der Waals surface area (Å²) < 4.78 is 0. The van der Waals surface area contributed by atoms with Crippen LogP contribution in [-0.2, 0) is 19.2 Å². The number of para-hydroxylation sites is 1. The molecular weight excluding hydrogens is 428 g/mol. The van der Waals surface area contributed by atoms with Gasteiger partial charge in [-0.2, -0.15) is 0 Å². The topological polar surface area (TPSA) is 144 Å². The molecule has 2 amide bonds. The van der Waals surface area contributed by atoms with Crippen molar-refractivity contribution in [2.45, 2.75) is 38.8 Å². The number of nitrogens with zero attached hydrogens (tertiary/aromatic N) is 1. The van der Waals surface area contributed by atoms with Gasteiger partial charge in [0, 0.05) is 6.04 Å². The number of aliphatic carboxylic acids is 2. The Bertz CT molecular complexity index is 1180. The van der Waals surface area contributed by atoms with Gasteiger partial charge in [-0.3, -0.25) is 24.5 Å². The summed E-state index contributed by atoms with van der Waals surface area (Å²) in [5.74, 6) is -6.73. The predicted octanol–water partition coefficient (Wildman–Crippen LogP) is 2.07. The summed E-state index contributed by atoms with van der Waals surface area (Å²) in [5.41, 5.74) is 0.348. The highest BCUT2D eigenvalue weighted by atomic mass is 16.4. The summed E-state index contributed by atoms with van der Waals surface area (Å²) in [5, 5.41) is 32.7. The number of carbonyl (C=O) groups is 4. The molecule has 2 aromatic rings. The van der Waals surface area contributed by atoms with Crippen molar-refractivity contribution in [1.82, 2.24) is 5.32 Å². The summed E-state index contributed by atoms with van der Waals surface area (Å²) in [7, 11) is 0. The Morgan fingerprint density at radius 1 is 1.00 bits per heavy atom. The second-order valence-corrected chi connectivity index (χ2v) is 8.77. The van der Waals surface area contributed by atoms with E-state index >= 15 is 0 Å². The SMILES string of the molecule is Cc1ccccc1N1C(=O)C2C(c3cc(C)c(O)c(C)c3)NC(CC(=O)O)(C(=O)O)C2C1=O. The smallest absolute Gasteiger partial charge is 0.325 e. The van der Waals surface area contributed by atoms with Crippen LogP contribution in [0.1, 0.15) is 34.7 Å². The van der Waals surface area contributed by atoms with E-state index in [4.69, 9.17) is 0 Å². The number of nitrogens with one attached hydrogen (secondary N) is 1. The first-order valence-electron chi connectivity index (χ1n) is 10.5. The highest BCUT2D eigenvalue weighted by Gasteiger charge is 2.69. The van der Waals surface area contributed by atoms with Gasteiger partial charge in [-0.25, -0.2) is 4.90 Å². The minimum Gasteiger partial charge on any atom is -0.507 e. The lowest BCUT2D eigenvalue weighted by Crippen LogP contribution is -2.57. The van der Waals surface area contributed by atoms with Crippen molar-refractivity contribution in [1.29, 1.82) is 0 Å². The number of phenols is 1. The lowest BCUT2D eigenvalue weighted by molar-refractivity contribution is -0.154. The molecule has 0 bridgehead atoms. The Hall–Kier alpha value is -3.72. The monoisotopic (exact) mass is 452 g/mol. The van der Waals surface area contributed by atoms with Crippen LogP contribution >= 0.6 is 0 Å². The van der Waals surface area contributed by atoms with E-state index in [9.17, 15) is 34.5 Å². The molecule has 2 aliphatic heterocycles. The fraction of sp³-hybridized carbons (Fsp3) is 0.333. The van der Waals surface area contributed by atoms with Gasteiger partial charge < -0.3 is 15.3 Å². The summed E-state index contributed by atoms with van der Waals surface area (Å²) in [4.78, 5) is 52.4. The van der Waals surface area contributed by atoms with Gasteiger partial charge in [0.1, 0.15) is 11.3 Å². The van der Waals surface area contributed by atoms with Crippen LogP contribution in [0.25, 0.3) is 0 Å². The first kappa shape index (κ1) is 22.5. The van der Waals surface area contributed by atoms with Crippen molar-refractivity contribution in [3.63, 3.8) is 0 Å². The number of rotatable bonds is 5. The Balaban J connectivity index is 1.92. The van der Waals surface area contributed by atoms with E-state index in [-0.39, 0.29) is 5.75 Å². The zero-order chi connectivity index (χ0) is 24.2. The maximum Gasteiger partial charge on any atom is 0.325 e. The lowest BCUT2D eigenvalue weighted by Gasteiger charge is -2.30. The average Bonchev–Trinajstić information content (AvgIpc) is 3.21. The third kappa shape index (κ3) is 3.27. The van der Waals surface area contributed by atoms with Gasteiger partial charge in [0.05, 0.1) is 23.9 Å². The van der Waals surface area contributed by atoms with E-state index in [1.54, 1.807) is 57.2 Å². The van der Waals surface area contributed by atoms with E-state index < -0.39 is 53.6 Å². The second kappa shape index (κ2) is 7.70. The Morgan fingerprint density at radius 3 is 2.15 bits per heavy atom. The van der Waals surface area contributed by atoms with Gasteiger partial charge in [0.15, 0.2) is 0 Å². The number of anilines is 1. The Labute approximate surface area is 189 Å². The van der Waals surface area contributed by atoms with Gasteiger partial charge in [-0.05, 0) is 49.1 Å². The van der Waals surface area contributed by atoms with Crippen LogP contribution < -0.4 is 10.2 Å². The molecule has 0 aromatic heterocycles. The summed E-state index contributed by atoms with van der Waals surface area (Å²) >= 11 is 0. The van der Waals surface area contributed by atoms with Crippen molar-refractivity contribution < 1.29 is 34.5 Å². The molecule has 9 nitrogen and oxygen atoms in total. The van der Waals surface area contributed by atoms with Crippen LogP contribution in [0.15, 0.2) is 36.4 Å². The summed E-state index contributed by atoms with van der Waals surface area (Å²) in [6.45, 7) is 5.07. The predicted molar refractivity (Wildman–Crippen MR) is 117 cm³/mol. The van der Waals surface area contributed by atoms with Crippen LogP contribution in [0.4, 0.5) is 5.69 Å². The van der Waals surface area contributed by atoms with Crippen LogP contribution in [0.2, 0.25) is 0 Å². The molecule has 9 heteroatoms.